The number of rotatable bonds is 5. The summed E-state index contributed by atoms with van der Waals surface area (Å²) in [6, 6.07) is 0.0215. The SMILES string of the molecule is C[C@@H](CCC[C]=O)NC(=O)OC(C)(C)C. The molecule has 1 N–H and O–H groups in total. The van der Waals surface area contributed by atoms with Gasteiger partial charge in [0.2, 0.25) is 0 Å². The summed E-state index contributed by atoms with van der Waals surface area (Å²) in [4.78, 5) is 21.3. The van der Waals surface area contributed by atoms with Gasteiger partial charge in [0.1, 0.15) is 5.60 Å². The molecule has 0 saturated heterocycles. The van der Waals surface area contributed by atoms with Gasteiger partial charge in [0.05, 0.1) is 0 Å². The van der Waals surface area contributed by atoms with Crippen LogP contribution in [0.1, 0.15) is 47.0 Å². The van der Waals surface area contributed by atoms with Crippen molar-refractivity contribution < 1.29 is 14.3 Å². The fourth-order valence-corrected chi connectivity index (χ4v) is 1.06. The standard InChI is InChI=1S/C11H20NO3/c1-9(7-5-6-8-13)12-10(14)15-11(2,3)4/h9H,5-7H2,1-4H3,(H,12,14)/t9-/m0/s1. The van der Waals surface area contributed by atoms with Crippen LogP contribution in [0.2, 0.25) is 0 Å². The number of carbonyl (C=O) groups excluding carboxylic acids is 2. The topological polar surface area (TPSA) is 55.4 Å². The number of hydrogen-bond acceptors (Lipinski definition) is 3. The highest BCUT2D eigenvalue weighted by Gasteiger charge is 2.17. The van der Waals surface area contributed by atoms with E-state index in [0.717, 1.165) is 12.8 Å². The number of nitrogens with one attached hydrogen (secondary N) is 1. The molecule has 0 aromatic carbocycles. The summed E-state index contributed by atoms with van der Waals surface area (Å²) in [5.74, 6) is 0. The van der Waals surface area contributed by atoms with E-state index in [1.807, 2.05) is 34.0 Å². The van der Waals surface area contributed by atoms with Gasteiger partial charge in [0.15, 0.2) is 6.29 Å². The molecule has 87 valence electrons. The van der Waals surface area contributed by atoms with Crippen LogP contribution in [0.4, 0.5) is 4.79 Å². The number of hydrogen-bond donors (Lipinski definition) is 1. The number of carbonyl (C=O) groups is 1. The maximum atomic E-state index is 11.3. The third-order valence-corrected chi connectivity index (χ3v) is 1.68. The van der Waals surface area contributed by atoms with Crippen molar-refractivity contribution >= 4 is 12.4 Å². The van der Waals surface area contributed by atoms with Crippen LogP contribution in [0.15, 0.2) is 0 Å². The van der Waals surface area contributed by atoms with Crippen LogP contribution in [0, 0.1) is 0 Å². The lowest BCUT2D eigenvalue weighted by molar-refractivity contribution is 0.0506. The molecule has 15 heavy (non-hydrogen) atoms. The predicted molar refractivity (Wildman–Crippen MR) is 58.4 cm³/mol. The second kappa shape index (κ2) is 6.43. The van der Waals surface area contributed by atoms with Crippen molar-refractivity contribution in [3.8, 4) is 0 Å². The van der Waals surface area contributed by atoms with Gasteiger partial charge < -0.3 is 10.1 Å². The predicted octanol–water partition coefficient (Wildman–Crippen LogP) is 2.18. The van der Waals surface area contributed by atoms with Crippen LogP contribution in [-0.4, -0.2) is 24.0 Å². The smallest absolute Gasteiger partial charge is 0.407 e. The van der Waals surface area contributed by atoms with E-state index in [-0.39, 0.29) is 6.04 Å². The molecular weight excluding hydrogens is 194 g/mol. The van der Waals surface area contributed by atoms with E-state index in [9.17, 15) is 9.59 Å². The van der Waals surface area contributed by atoms with Crippen molar-refractivity contribution in [3.05, 3.63) is 0 Å². The van der Waals surface area contributed by atoms with Gasteiger partial charge in [-0.3, -0.25) is 4.79 Å². The molecule has 0 aromatic heterocycles. The summed E-state index contributed by atoms with van der Waals surface area (Å²) in [5.41, 5.74) is -0.472. The van der Waals surface area contributed by atoms with Gasteiger partial charge in [-0.1, -0.05) is 0 Å². The first-order valence-electron chi connectivity index (χ1n) is 5.19. The molecule has 1 radical (unpaired) electrons. The Kier molecular flexibility index (Phi) is 5.97. The molecular formula is C11H20NO3. The first-order chi connectivity index (χ1) is 6.85. The van der Waals surface area contributed by atoms with Gasteiger partial charge in [0.25, 0.3) is 0 Å². The Morgan fingerprint density at radius 3 is 2.53 bits per heavy atom. The highest BCUT2D eigenvalue weighted by Crippen LogP contribution is 2.07. The van der Waals surface area contributed by atoms with Crippen molar-refractivity contribution in [2.24, 2.45) is 0 Å². The third-order valence-electron chi connectivity index (χ3n) is 1.68. The minimum absolute atomic E-state index is 0.0215. The van der Waals surface area contributed by atoms with Crippen molar-refractivity contribution in [1.82, 2.24) is 5.32 Å². The van der Waals surface area contributed by atoms with Crippen LogP contribution >= 0.6 is 0 Å². The molecule has 4 nitrogen and oxygen atoms in total. The summed E-state index contributed by atoms with van der Waals surface area (Å²) in [5, 5.41) is 2.70. The monoisotopic (exact) mass is 214 g/mol. The minimum Gasteiger partial charge on any atom is -0.444 e. The summed E-state index contributed by atoms with van der Waals surface area (Å²) < 4.78 is 5.09. The molecule has 0 spiro atoms. The molecule has 1 amide bonds. The average molecular weight is 214 g/mol. The van der Waals surface area contributed by atoms with Gasteiger partial charge in [-0.15, -0.1) is 0 Å². The molecule has 0 aliphatic heterocycles. The number of alkyl carbamates (subject to hydrolysis) is 1. The normalized spacial score (nSPS) is 13.1. The molecule has 0 saturated carbocycles. The van der Waals surface area contributed by atoms with E-state index < -0.39 is 11.7 Å². The van der Waals surface area contributed by atoms with Crippen molar-refractivity contribution in [3.63, 3.8) is 0 Å². The molecule has 0 fully saturated rings. The van der Waals surface area contributed by atoms with E-state index in [0.29, 0.717) is 6.42 Å². The Labute approximate surface area is 91.4 Å². The van der Waals surface area contributed by atoms with Gasteiger partial charge in [-0.2, -0.15) is 0 Å². The third kappa shape index (κ3) is 9.25. The Morgan fingerprint density at radius 2 is 2.07 bits per heavy atom. The van der Waals surface area contributed by atoms with Gasteiger partial charge >= 0.3 is 6.09 Å². The number of unbranched alkanes of at least 4 members (excludes halogenated alkanes) is 1. The lowest BCUT2D eigenvalue weighted by Gasteiger charge is -2.21. The van der Waals surface area contributed by atoms with Gasteiger partial charge in [-0.25, -0.2) is 4.79 Å². The van der Waals surface area contributed by atoms with Crippen LogP contribution in [0.25, 0.3) is 0 Å². The molecule has 0 bridgehead atoms. The fourth-order valence-electron chi connectivity index (χ4n) is 1.06. The zero-order valence-electron chi connectivity index (χ0n) is 9.92. The largest absolute Gasteiger partial charge is 0.444 e. The Balaban J connectivity index is 3.71. The van der Waals surface area contributed by atoms with E-state index in [1.54, 1.807) is 0 Å². The van der Waals surface area contributed by atoms with E-state index >= 15 is 0 Å². The number of amides is 1. The average Bonchev–Trinajstić information content (AvgIpc) is 2.00. The number of ether oxygens (including phenoxy) is 1. The highest BCUT2D eigenvalue weighted by molar-refractivity contribution is 5.68. The molecule has 0 aliphatic carbocycles. The van der Waals surface area contributed by atoms with Gasteiger partial charge in [-0.05, 0) is 40.5 Å². The Hall–Kier alpha value is -1.06. The Morgan fingerprint density at radius 1 is 1.47 bits per heavy atom. The fraction of sp³-hybridized carbons (Fsp3) is 0.818. The van der Waals surface area contributed by atoms with E-state index in [4.69, 9.17) is 4.74 Å². The maximum absolute atomic E-state index is 11.3. The summed E-state index contributed by atoms with van der Waals surface area (Å²) in [6.45, 7) is 7.34. The molecule has 0 unspecified atom stereocenters. The van der Waals surface area contributed by atoms with Gasteiger partial charge in [0, 0.05) is 12.5 Å². The lowest BCUT2D eigenvalue weighted by atomic mass is 10.1. The quantitative estimate of drug-likeness (QED) is 0.714. The maximum Gasteiger partial charge on any atom is 0.407 e. The summed E-state index contributed by atoms with van der Waals surface area (Å²) in [7, 11) is 0. The van der Waals surface area contributed by atoms with Crippen molar-refractivity contribution in [2.75, 3.05) is 0 Å². The summed E-state index contributed by atoms with van der Waals surface area (Å²) in [6.07, 6.45) is 3.32. The van der Waals surface area contributed by atoms with Crippen LogP contribution in [0.5, 0.6) is 0 Å². The van der Waals surface area contributed by atoms with E-state index in [1.165, 1.54) is 0 Å². The second-order valence-corrected chi connectivity index (χ2v) is 4.58. The minimum atomic E-state index is -0.472. The zero-order valence-corrected chi connectivity index (χ0v) is 9.92. The lowest BCUT2D eigenvalue weighted by Crippen LogP contribution is -2.37. The Bertz CT molecular complexity index is 208. The van der Waals surface area contributed by atoms with Crippen LogP contribution in [0.3, 0.4) is 0 Å². The van der Waals surface area contributed by atoms with Crippen molar-refractivity contribution in [1.29, 1.82) is 0 Å². The van der Waals surface area contributed by atoms with Crippen molar-refractivity contribution in [2.45, 2.75) is 58.6 Å². The zero-order chi connectivity index (χ0) is 11.9. The molecule has 0 aliphatic rings. The van der Waals surface area contributed by atoms with E-state index in [2.05, 4.69) is 5.32 Å². The molecule has 4 heteroatoms. The van der Waals surface area contributed by atoms with Crippen LogP contribution < -0.4 is 5.32 Å². The second-order valence-electron chi connectivity index (χ2n) is 4.58. The molecule has 0 rings (SSSR count). The molecule has 0 aromatic rings. The molecule has 0 heterocycles. The molecule has 1 atom stereocenters. The highest BCUT2D eigenvalue weighted by atomic mass is 16.6. The first kappa shape index (κ1) is 13.9. The summed E-state index contributed by atoms with van der Waals surface area (Å²) >= 11 is 0. The first-order valence-corrected chi connectivity index (χ1v) is 5.19. The van der Waals surface area contributed by atoms with Crippen LogP contribution in [-0.2, 0) is 9.53 Å².